The summed E-state index contributed by atoms with van der Waals surface area (Å²) in [5.41, 5.74) is 3.16. The molecule has 1 aromatic heterocycles. The summed E-state index contributed by atoms with van der Waals surface area (Å²) in [6, 6.07) is 23.6. The first-order valence-electron chi connectivity index (χ1n) is 13.3. The highest BCUT2D eigenvalue weighted by atomic mass is 79.9. The second-order valence-electron chi connectivity index (χ2n) is 9.72. The van der Waals surface area contributed by atoms with E-state index in [4.69, 9.17) is 20.8 Å². The number of furan rings is 1. The van der Waals surface area contributed by atoms with Crippen LogP contribution < -0.4 is 15.0 Å². The Morgan fingerprint density at radius 3 is 2.59 bits per heavy atom. The molecule has 0 unspecified atom stereocenters. The van der Waals surface area contributed by atoms with Crippen LogP contribution in [-0.2, 0) is 16.1 Å². The first-order chi connectivity index (χ1) is 21.2. The number of nitrogens with one attached hydrogen (secondary N) is 1. The number of carbonyl (C=O) groups is 2. The lowest BCUT2D eigenvalue weighted by atomic mass is 10.2. The number of nitrogens with zero attached hydrogens (tertiary/aromatic N) is 4. The van der Waals surface area contributed by atoms with E-state index in [1.54, 1.807) is 67.1 Å². The number of benzene rings is 3. The van der Waals surface area contributed by atoms with Crippen molar-refractivity contribution in [1.82, 2.24) is 4.90 Å². The number of hydrogen-bond acceptors (Lipinski definition) is 8. The highest BCUT2D eigenvalue weighted by Crippen LogP contribution is 2.36. The normalized spacial score (nSPS) is 15.0. The highest BCUT2D eigenvalue weighted by molar-refractivity contribution is 9.10. The van der Waals surface area contributed by atoms with Gasteiger partial charge in [0.1, 0.15) is 11.5 Å². The Labute approximate surface area is 272 Å². The summed E-state index contributed by atoms with van der Waals surface area (Å²) < 4.78 is 12.1. The molecule has 1 aliphatic rings. The van der Waals surface area contributed by atoms with Crippen LogP contribution in [0.1, 0.15) is 16.9 Å². The number of anilines is 2. The Morgan fingerprint density at radius 2 is 1.89 bits per heavy atom. The zero-order chi connectivity index (χ0) is 31.1. The van der Waals surface area contributed by atoms with Crippen molar-refractivity contribution in [1.29, 1.82) is 0 Å². The van der Waals surface area contributed by atoms with E-state index in [0.29, 0.717) is 37.9 Å². The molecule has 3 aromatic carbocycles. The Balaban J connectivity index is 1.35. The van der Waals surface area contributed by atoms with Crippen LogP contribution in [-0.4, -0.2) is 48.8 Å². The Hall–Kier alpha value is -4.32. The molecular formula is C32H27BrClN5O4S. The molecule has 0 saturated carbocycles. The molecule has 44 heavy (non-hydrogen) atoms. The molecule has 12 heteroatoms. The van der Waals surface area contributed by atoms with Crippen LogP contribution in [0.25, 0.3) is 6.08 Å². The molecule has 0 atom stereocenters. The molecule has 5 rings (SSSR count). The minimum absolute atomic E-state index is 0.189. The fourth-order valence-electron chi connectivity index (χ4n) is 4.06. The molecule has 2 amide bonds. The van der Waals surface area contributed by atoms with E-state index >= 15 is 0 Å². The lowest BCUT2D eigenvalue weighted by Crippen LogP contribution is -2.28. The molecule has 2 heterocycles. The molecule has 0 radical (unpaired) electrons. The monoisotopic (exact) mass is 691 g/mol. The standard InChI is InChI=1S/C32H27BrClN5O4S/c1-38(2)26-12-5-21(6-13-26)18-35-37-32-39(19-27-4-3-15-42-27)31(41)29(44-32)17-22-16-23(33)7-14-28(22)43-20-30(40)36-25-10-8-24(34)9-11-25/h3-18H,19-20H2,1-2H3,(H,36,40)/b29-17-,35-18-,37-32+. The molecular weight excluding hydrogens is 666 g/mol. The second kappa shape index (κ2) is 14.4. The molecule has 1 fully saturated rings. The molecule has 9 nitrogen and oxygen atoms in total. The maximum absolute atomic E-state index is 13.6. The van der Waals surface area contributed by atoms with Crippen LogP contribution in [0.4, 0.5) is 11.4 Å². The average molecular weight is 693 g/mol. The van der Waals surface area contributed by atoms with Gasteiger partial charge in [-0.25, -0.2) is 0 Å². The summed E-state index contributed by atoms with van der Waals surface area (Å²) in [4.78, 5) is 30.1. The zero-order valence-electron chi connectivity index (χ0n) is 23.7. The van der Waals surface area contributed by atoms with Crippen molar-refractivity contribution in [3.8, 4) is 5.75 Å². The molecule has 0 aliphatic carbocycles. The van der Waals surface area contributed by atoms with E-state index in [9.17, 15) is 9.59 Å². The Morgan fingerprint density at radius 1 is 1.11 bits per heavy atom. The molecule has 224 valence electrons. The summed E-state index contributed by atoms with van der Waals surface area (Å²) in [5, 5.41) is 12.4. The Kier molecular flexibility index (Phi) is 10.2. The van der Waals surface area contributed by atoms with Gasteiger partial charge in [0.25, 0.3) is 11.8 Å². The first-order valence-corrected chi connectivity index (χ1v) is 15.3. The number of carbonyl (C=O) groups excluding carboxylic acids is 2. The predicted octanol–water partition coefficient (Wildman–Crippen LogP) is 7.29. The van der Waals surface area contributed by atoms with Crippen LogP contribution in [0.3, 0.4) is 0 Å². The largest absolute Gasteiger partial charge is 0.483 e. The van der Waals surface area contributed by atoms with E-state index in [1.165, 1.54) is 16.7 Å². The van der Waals surface area contributed by atoms with Gasteiger partial charge < -0.3 is 19.4 Å². The summed E-state index contributed by atoms with van der Waals surface area (Å²) in [7, 11) is 3.95. The zero-order valence-corrected chi connectivity index (χ0v) is 26.9. The number of amides is 2. The number of amidine groups is 1. The van der Waals surface area contributed by atoms with Gasteiger partial charge in [-0.1, -0.05) is 39.7 Å². The minimum Gasteiger partial charge on any atom is -0.483 e. The highest BCUT2D eigenvalue weighted by Gasteiger charge is 2.34. The van der Waals surface area contributed by atoms with Gasteiger partial charge in [0.15, 0.2) is 11.8 Å². The van der Waals surface area contributed by atoms with E-state index in [2.05, 4.69) is 31.4 Å². The minimum atomic E-state index is -0.339. The summed E-state index contributed by atoms with van der Waals surface area (Å²) >= 11 is 10.6. The maximum Gasteiger partial charge on any atom is 0.267 e. The number of halogens is 2. The van der Waals surface area contributed by atoms with Crippen LogP contribution in [0.15, 0.2) is 109 Å². The maximum atomic E-state index is 13.6. The summed E-state index contributed by atoms with van der Waals surface area (Å²) in [6.07, 6.45) is 4.91. The van der Waals surface area contributed by atoms with Gasteiger partial charge in [0, 0.05) is 40.5 Å². The van der Waals surface area contributed by atoms with Crippen LogP contribution in [0.5, 0.6) is 5.75 Å². The van der Waals surface area contributed by atoms with Gasteiger partial charge in [-0.3, -0.25) is 14.5 Å². The van der Waals surface area contributed by atoms with E-state index in [1.807, 2.05) is 49.3 Å². The SMILES string of the molecule is CN(C)c1ccc(/C=N\N=C2\S/C(=C\c3cc(Br)ccc3OCC(=O)Nc3ccc(Cl)cc3)C(=O)N2Cc2ccco2)cc1. The number of rotatable bonds is 10. The average Bonchev–Trinajstić information content (AvgIpc) is 3.62. The number of hydrogen-bond donors (Lipinski definition) is 1. The van der Waals surface area contributed by atoms with Crippen molar-refractivity contribution in [2.45, 2.75) is 6.54 Å². The molecule has 1 aliphatic heterocycles. The van der Waals surface area contributed by atoms with E-state index in [-0.39, 0.29) is 25.0 Å². The lowest BCUT2D eigenvalue weighted by molar-refractivity contribution is -0.122. The van der Waals surface area contributed by atoms with Gasteiger partial charge in [-0.15, -0.1) is 5.10 Å². The van der Waals surface area contributed by atoms with E-state index in [0.717, 1.165) is 15.7 Å². The van der Waals surface area contributed by atoms with Crippen molar-refractivity contribution >= 4 is 79.9 Å². The van der Waals surface area contributed by atoms with Crippen molar-refractivity contribution < 1.29 is 18.7 Å². The molecule has 1 N–H and O–H groups in total. The smallest absolute Gasteiger partial charge is 0.267 e. The van der Waals surface area contributed by atoms with Crippen molar-refractivity contribution in [3.05, 3.63) is 116 Å². The second-order valence-corrected chi connectivity index (χ2v) is 12.1. The lowest BCUT2D eigenvalue weighted by Gasteiger charge is -2.13. The fraction of sp³-hybridized carbons (Fsp3) is 0.125. The van der Waals surface area contributed by atoms with Crippen molar-refractivity contribution in [2.75, 3.05) is 30.9 Å². The van der Waals surface area contributed by atoms with Crippen molar-refractivity contribution in [3.63, 3.8) is 0 Å². The predicted molar refractivity (Wildman–Crippen MR) is 180 cm³/mol. The van der Waals surface area contributed by atoms with Crippen LogP contribution in [0, 0.1) is 0 Å². The molecule has 4 aromatic rings. The third kappa shape index (κ3) is 8.19. The van der Waals surface area contributed by atoms with Gasteiger partial charge in [-0.2, -0.15) is 5.10 Å². The topological polar surface area (TPSA) is 99.7 Å². The quantitative estimate of drug-likeness (QED) is 0.107. The van der Waals surface area contributed by atoms with Crippen LogP contribution in [0.2, 0.25) is 5.02 Å². The van der Waals surface area contributed by atoms with E-state index < -0.39 is 0 Å². The number of thioether (sulfide) groups is 1. The van der Waals surface area contributed by atoms with Crippen LogP contribution >= 0.6 is 39.3 Å². The first kappa shape index (κ1) is 31.1. The molecule has 0 spiro atoms. The van der Waals surface area contributed by atoms with Gasteiger partial charge in [-0.05, 0) is 90.1 Å². The van der Waals surface area contributed by atoms with Gasteiger partial charge in [0.2, 0.25) is 0 Å². The summed E-state index contributed by atoms with van der Waals surface area (Å²) in [6.45, 7) is -0.0438. The summed E-state index contributed by atoms with van der Waals surface area (Å²) in [5.74, 6) is 0.437. The van der Waals surface area contributed by atoms with Crippen molar-refractivity contribution in [2.24, 2.45) is 10.2 Å². The Bertz CT molecular complexity index is 1720. The van der Waals surface area contributed by atoms with Gasteiger partial charge in [0.05, 0.1) is 23.9 Å². The van der Waals surface area contributed by atoms with Gasteiger partial charge >= 0.3 is 0 Å². The third-order valence-electron chi connectivity index (χ3n) is 6.29. The number of ether oxygens (including phenoxy) is 1. The third-order valence-corrected chi connectivity index (χ3v) is 8.03. The molecule has 0 bridgehead atoms. The fourth-order valence-corrected chi connectivity index (χ4v) is 5.49. The molecule has 1 saturated heterocycles.